The lowest BCUT2D eigenvalue weighted by Crippen LogP contribution is -2.49. The summed E-state index contributed by atoms with van der Waals surface area (Å²) >= 11 is 0. The van der Waals surface area contributed by atoms with E-state index in [0.717, 1.165) is 22.3 Å². The highest BCUT2D eigenvalue weighted by Gasteiger charge is 2.37. The van der Waals surface area contributed by atoms with Crippen molar-refractivity contribution in [3.63, 3.8) is 0 Å². The van der Waals surface area contributed by atoms with E-state index >= 15 is 0 Å². The number of fused-ring (bicyclic) bond motifs is 3. The highest BCUT2D eigenvalue weighted by Crippen LogP contribution is 2.44. The molecule has 2 N–H and O–H groups in total. The van der Waals surface area contributed by atoms with Crippen LogP contribution in [0, 0.1) is 5.92 Å². The number of benzene rings is 2. The molecule has 2 atom stereocenters. The molecule has 2 aromatic carbocycles. The zero-order valence-electron chi connectivity index (χ0n) is 19.3. The lowest BCUT2D eigenvalue weighted by molar-refractivity contribution is -0.145. The Bertz CT molecular complexity index is 1240. The zero-order valence-corrected chi connectivity index (χ0v) is 19.3. The van der Waals surface area contributed by atoms with E-state index in [9.17, 15) is 19.5 Å². The third kappa shape index (κ3) is 4.16. The molecule has 2 amide bonds. The number of carbonyl (C=O) groups is 3. The summed E-state index contributed by atoms with van der Waals surface area (Å²) in [6.07, 6.45) is 1.72. The van der Waals surface area contributed by atoms with Crippen molar-refractivity contribution < 1.29 is 28.6 Å². The number of furan rings is 1. The minimum absolute atomic E-state index is 0.0450. The second kappa shape index (κ2) is 9.29. The van der Waals surface area contributed by atoms with Crippen LogP contribution >= 0.6 is 0 Å². The molecule has 2 heterocycles. The van der Waals surface area contributed by atoms with Gasteiger partial charge >= 0.3 is 12.1 Å². The first-order chi connectivity index (χ1) is 17.0. The van der Waals surface area contributed by atoms with E-state index in [1.54, 1.807) is 6.92 Å². The predicted molar refractivity (Wildman–Crippen MR) is 128 cm³/mol. The fourth-order valence-corrected chi connectivity index (χ4v) is 5.21. The summed E-state index contributed by atoms with van der Waals surface area (Å²) in [7, 11) is 0. The molecule has 0 bridgehead atoms. The molecular weight excluding hydrogens is 448 g/mol. The number of carboxylic acid groups (broad SMARTS) is 1. The van der Waals surface area contributed by atoms with Crippen LogP contribution in [0.15, 0.2) is 65.3 Å². The quantitative estimate of drug-likeness (QED) is 0.541. The van der Waals surface area contributed by atoms with Crippen LogP contribution in [0.4, 0.5) is 10.5 Å². The fourth-order valence-electron chi connectivity index (χ4n) is 5.21. The van der Waals surface area contributed by atoms with E-state index in [1.807, 2.05) is 36.4 Å². The third-order valence-corrected chi connectivity index (χ3v) is 7.01. The number of piperidine rings is 1. The lowest BCUT2D eigenvalue weighted by Gasteiger charge is -2.37. The molecule has 180 valence electrons. The van der Waals surface area contributed by atoms with Gasteiger partial charge in [-0.25, -0.2) is 4.79 Å². The van der Waals surface area contributed by atoms with Crippen LogP contribution in [0.1, 0.15) is 47.4 Å². The van der Waals surface area contributed by atoms with Crippen LogP contribution in [-0.2, 0) is 9.53 Å². The SMILES string of the molecule is C[C@@H]1[C@H](C(=O)O)CCCN1C(=O)c1occc1NC(=O)OCC1c2ccccc2-c2ccccc21. The van der Waals surface area contributed by atoms with Crippen LogP contribution in [0.2, 0.25) is 0 Å². The van der Waals surface area contributed by atoms with Gasteiger partial charge in [0, 0.05) is 24.6 Å². The third-order valence-electron chi connectivity index (χ3n) is 7.01. The van der Waals surface area contributed by atoms with E-state index < -0.39 is 29.9 Å². The van der Waals surface area contributed by atoms with Crippen molar-refractivity contribution >= 4 is 23.7 Å². The van der Waals surface area contributed by atoms with Crippen LogP contribution in [0.5, 0.6) is 0 Å². The average Bonchev–Trinajstić information content (AvgIpc) is 3.44. The number of anilines is 1. The summed E-state index contributed by atoms with van der Waals surface area (Å²) in [5.41, 5.74) is 4.67. The maximum atomic E-state index is 13.1. The number of carbonyl (C=O) groups excluding carboxylic acids is 2. The summed E-state index contributed by atoms with van der Waals surface area (Å²) in [6.45, 7) is 2.29. The number of nitrogens with zero attached hydrogens (tertiary/aromatic N) is 1. The summed E-state index contributed by atoms with van der Waals surface area (Å²) in [5.74, 6) is -2.15. The molecule has 1 aliphatic heterocycles. The monoisotopic (exact) mass is 474 g/mol. The molecule has 3 aromatic rings. The second-order valence-corrected chi connectivity index (χ2v) is 8.94. The first-order valence-corrected chi connectivity index (χ1v) is 11.7. The zero-order chi connectivity index (χ0) is 24.5. The molecule has 1 aromatic heterocycles. The minimum atomic E-state index is -0.925. The lowest BCUT2D eigenvalue weighted by atomic mass is 9.90. The van der Waals surface area contributed by atoms with E-state index in [-0.39, 0.29) is 24.0 Å². The molecule has 0 radical (unpaired) electrons. The van der Waals surface area contributed by atoms with Crippen molar-refractivity contribution in [2.75, 3.05) is 18.5 Å². The molecular formula is C27H26N2O6. The summed E-state index contributed by atoms with van der Waals surface area (Å²) in [5, 5.41) is 12.1. The molecule has 8 nitrogen and oxygen atoms in total. The van der Waals surface area contributed by atoms with Crippen molar-refractivity contribution in [3.05, 3.63) is 77.7 Å². The van der Waals surface area contributed by atoms with Crippen molar-refractivity contribution in [3.8, 4) is 11.1 Å². The van der Waals surface area contributed by atoms with Gasteiger partial charge in [0.25, 0.3) is 5.91 Å². The minimum Gasteiger partial charge on any atom is -0.481 e. The van der Waals surface area contributed by atoms with E-state index in [4.69, 9.17) is 9.15 Å². The van der Waals surface area contributed by atoms with Gasteiger partial charge in [-0.1, -0.05) is 48.5 Å². The highest BCUT2D eigenvalue weighted by atomic mass is 16.5. The molecule has 0 saturated carbocycles. The largest absolute Gasteiger partial charge is 0.481 e. The smallest absolute Gasteiger partial charge is 0.411 e. The van der Waals surface area contributed by atoms with Crippen LogP contribution < -0.4 is 5.32 Å². The summed E-state index contributed by atoms with van der Waals surface area (Å²) in [4.78, 5) is 38.8. The molecule has 1 saturated heterocycles. The van der Waals surface area contributed by atoms with Gasteiger partial charge < -0.3 is 19.2 Å². The molecule has 0 spiro atoms. The van der Waals surface area contributed by atoms with Crippen LogP contribution in [-0.4, -0.2) is 47.2 Å². The Morgan fingerprint density at radius 1 is 1.06 bits per heavy atom. The van der Waals surface area contributed by atoms with Crippen molar-refractivity contribution in [2.45, 2.75) is 31.7 Å². The Morgan fingerprint density at radius 3 is 2.37 bits per heavy atom. The number of amides is 2. The Labute approximate surface area is 202 Å². The van der Waals surface area contributed by atoms with Crippen molar-refractivity contribution in [1.82, 2.24) is 4.90 Å². The molecule has 8 heteroatoms. The van der Waals surface area contributed by atoms with Gasteiger partial charge in [0.1, 0.15) is 6.61 Å². The van der Waals surface area contributed by atoms with Gasteiger partial charge in [0.05, 0.1) is 17.9 Å². The van der Waals surface area contributed by atoms with Crippen LogP contribution in [0.3, 0.4) is 0 Å². The van der Waals surface area contributed by atoms with Crippen LogP contribution in [0.25, 0.3) is 11.1 Å². The molecule has 1 fully saturated rings. The molecule has 35 heavy (non-hydrogen) atoms. The number of hydrogen-bond acceptors (Lipinski definition) is 5. The van der Waals surface area contributed by atoms with Gasteiger partial charge in [-0.05, 0) is 42.0 Å². The van der Waals surface area contributed by atoms with Crippen molar-refractivity contribution in [2.24, 2.45) is 5.92 Å². The fraction of sp³-hybridized carbons (Fsp3) is 0.296. The Balaban J connectivity index is 1.27. The number of likely N-dealkylation sites (tertiary alicyclic amines) is 1. The topological polar surface area (TPSA) is 109 Å². The standard InChI is InChI=1S/C27H26N2O6/c1-16-17(26(31)32)11-6-13-29(16)25(30)24-23(12-14-34-24)28-27(33)35-15-22-20-9-4-2-7-18(20)19-8-3-5-10-21(19)22/h2-5,7-10,12,14,16-17,22H,6,11,13,15H2,1H3,(H,28,33)(H,31,32)/t16-,17-/m1/s1. The van der Waals surface area contributed by atoms with Crippen molar-refractivity contribution in [1.29, 1.82) is 0 Å². The Kier molecular flexibility index (Phi) is 6.03. The molecule has 1 aliphatic carbocycles. The number of aliphatic carboxylic acids is 1. The van der Waals surface area contributed by atoms with E-state index in [2.05, 4.69) is 17.4 Å². The first kappa shape index (κ1) is 22.7. The molecule has 2 aliphatic rings. The highest BCUT2D eigenvalue weighted by molar-refractivity contribution is 6.00. The molecule has 5 rings (SSSR count). The number of hydrogen-bond donors (Lipinski definition) is 2. The number of ether oxygens (including phenoxy) is 1. The Hall–Kier alpha value is -4.07. The van der Waals surface area contributed by atoms with E-state index in [1.165, 1.54) is 17.2 Å². The van der Waals surface area contributed by atoms with Gasteiger partial charge in [0.15, 0.2) is 0 Å². The average molecular weight is 475 g/mol. The Morgan fingerprint density at radius 2 is 1.71 bits per heavy atom. The number of rotatable bonds is 5. The maximum Gasteiger partial charge on any atom is 0.411 e. The first-order valence-electron chi connectivity index (χ1n) is 11.7. The summed E-state index contributed by atoms with van der Waals surface area (Å²) < 4.78 is 11.0. The summed E-state index contributed by atoms with van der Waals surface area (Å²) in [6, 6.07) is 17.1. The van der Waals surface area contributed by atoms with Gasteiger partial charge in [-0.2, -0.15) is 0 Å². The normalized spacial score (nSPS) is 19.1. The second-order valence-electron chi connectivity index (χ2n) is 8.94. The van der Waals surface area contributed by atoms with Gasteiger partial charge in [0.2, 0.25) is 5.76 Å². The number of nitrogens with one attached hydrogen (secondary N) is 1. The van der Waals surface area contributed by atoms with E-state index in [0.29, 0.717) is 19.4 Å². The molecule has 0 unspecified atom stereocenters. The predicted octanol–water partition coefficient (Wildman–Crippen LogP) is 4.97. The maximum absolute atomic E-state index is 13.1. The van der Waals surface area contributed by atoms with Gasteiger partial charge in [-0.15, -0.1) is 0 Å². The number of carboxylic acids is 1. The van der Waals surface area contributed by atoms with Gasteiger partial charge in [-0.3, -0.25) is 14.9 Å².